The van der Waals surface area contributed by atoms with E-state index in [-0.39, 0.29) is 5.92 Å². The van der Waals surface area contributed by atoms with Gasteiger partial charge in [0.1, 0.15) is 5.78 Å². The molecule has 1 atom stereocenters. The third-order valence-corrected chi connectivity index (χ3v) is 4.15. The minimum Gasteiger partial charge on any atom is -0.348 e. The van der Waals surface area contributed by atoms with E-state index in [1.807, 2.05) is 0 Å². The van der Waals surface area contributed by atoms with Crippen molar-refractivity contribution < 1.29 is 4.79 Å². The zero-order chi connectivity index (χ0) is 11.0. The third-order valence-electron chi connectivity index (χ3n) is 4.15. The van der Waals surface area contributed by atoms with Crippen LogP contribution in [0.1, 0.15) is 43.5 Å². The number of carbonyl (C=O) groups is 1. The van der Waals surface area contributed by atoms with E-state index in [9.17, 15) is 4.79 Å². The number of ketones is 1. The normalized spacial score (nSPS) is 25.6. The number of H-pyrrole nitrogens is 1. The van der Waals surface area contributed by atoms with Gasteiger partial charge in [-0.25, -0.2) is 4.98 Å². The molecule has 0 aliphatic heterocycles. The molecule has 0 bridgehead atoms. The number of imidazole rings is 1. The van der Waals surface area contributed by atoms with Crippen LogP contribution in [0.2, 0.25) is 0 Å². The number of nitrogens with one attached hydrogen (secondary N) is 1. The van der Waals surface area contributed by atoms with Gasteiger partial charge >= 0.3 is 0 Å². The second-order valence-corrected chi connectivity index (χ2v) is 5.15. The van der Waals surface area contributed by atoms with Gasteiger partial charge in [-0.05, 0) is 25.7 Å². The molecule has 86 valence electrons. The Bertz CT molecular complexity index is 390. The molecule has 2 aliphatic carbocycles. The van der Waals surface area contributed by atoms with Crippen molar-refractivity contribution in [3.05, 3.63) is 17.7 Å². The van der Waals surface area contributed by atoms with E-state index in [2.05, 4.69) is 9.97 Å². The zero-order valence-corrected chi connectivity index (χ0v) is 9.54. The van der Waals surface area contributed by atoms with Gasteiger partial charge < -0.3 is 4.98 Å². The van der Waals surface area contributed by atoms with E-state index < -0.39 is 0 Å². The number of aromatic amines is 1. The van der Waals surface area contributed by atoms with E-state index in [0.29, 0.717) is 11.7 Å². The van der Waals surface area contributed by atoms with Crippen LogP contribution >= 0.6 is 0 Å². The topological polar surface area (TPSA) is 45.8 Å². The molecule has 1 unspecified atom stereocenters. The number of aromatic nitrogens is 2. The summed E-state index contributed by atoms with van der Waals surface area (Å²) in [6.45, 7) is 0. The summed E-state index contributed by atoms with van der Waals surface area (Å²) in [7, 11) is 0. The predicted molar refractivity (Wildman–Crippen MR) is 61.1 cm³/mol. The van der Waals surface area contributed by atoms with Crippen molar-refractivity contribution in [2.24, 2.45) is 11.8 Å². The Hall–Kier alpha value is -1.12. The number of hydrogen-bond acceptors (Lipinski definition) is 2. The van der Waals surface area contributed by atoms with Crippen LogP contribution in [0.25, 0.3) is 0 Å². The quantitative estimate of drug-likeness (QED) is 0.827. The van der Waals surface area contributed by atoms with Gasteiger partial charge in [0, 0.05) is 24.0 Å². The number of carbonyl (C=O) groups excluding carboxylic acids is 1. The van der Waals surface area contributed by atoms with Crippen LogP contribution in [0.3, 0.4) is 0 Å². The summed E-state index contributed by atoms with van der Waals surface area (Å²) in [5.41, 5.74) is 2.37. The zero-order valence-electron chi connectivity index (χ0n) is 9.54. The molecule has 1 N–H and O–H groups in total. The van der Waals surface area contributed by atoms with Gasteiger partial charge in [-0.2, -0.15) is 0 Å². The average Bonchev–Trinajstić information content (AvgIpc) is 2.98. The smallest absolute Gasteiger partial charge is 0.139 e. The minimum atomic E-state index is 0.249. The Morgan fingerprint density at radius 3 is 2.88 bits per heavy atom. The lowest BCUT2D eigenvalue weighted by Crippen LogP contribution is -2.27. The molecular formula is C13H18N2O. The number of aryl methyl sites for hydroxylation is 1. The van der Waals surface area contributed by atoms with E-state index >= 15 is 0 Å². The highest BCUT2D eigenvalue weighted by Gasteiger charge is 2.32. The fraction of sp³-hybridized carbons (Fsp3) is 0.692. The van der Waals surface area contributed by atoms with Gasteiger partial charge in [0.25, 0.3) is 0 Å². The highest BCUT2D eigenvalue weighted by molar-refractivity contribution is 5.84. The molecule has 3 nitrogen and oxygen atoms in total. The average molecular weight is 218 g/mol. The lowest BCUT2D eigenvalue weighted by atomic mass is 9.81. The first kappa shape index (κ1) is 10.1. The number of rotatable bonds is 2. The predicted octanol–water partition coefficient (Wildman–Crippen LogP) is 2.27. The van der Waals surface area contributed by atoms with E-state index in [4.69, 9.17) is 0 Å². The van der Waals surface area contributed by atoms with Gasteiger partial charge in [-0.15, -0.1) is 0 Å². The largest absolute Gasteiger partial charge is 0.348 e. The van der Waals surface area contributed by atoms with Crippen LogP contribution in [0, 0.1) is 11.8 Å². The summed E-state index contributed by atoms with van der Waals surface area (Å²) in [6, 6.07) is 0. The molecule has 16 heavy (non-hydrogen) atoms. The van der Waals surface area contributed by atoms with Crippen molar-refractivity contribution in [2.75, 3.05) is 0 Å². The molecule has 1 saturated carbocycles. The van der Waals surface area contributed by atoms with Crippen LogP contribution in [-0.4, -0.2) is 15.8 Å². The summed E-state index contributed by atoms with van der Waals surface area (Å²) < 4.78 is 0. The van der Waals surface area contributed by atoms with Crippen molar-refractivity contribution in [1.29, 1.82) is 0 Å². The number of fused-ring (bicyclic) bond motifs is 1. The van der Waals surface area contributed by atoms with E-state index in [1.54, 1.807) is 6.33 Å². The second kappa shape index (κ2) is 4.04. The maximum atomic E-state index is 12.3. The molecule has 1 aromatic rings. The Morgan fingerprint density at radius 2 is 2.06 bits per heavy atom. The molecule has 0 aromatic carbocycles. The van der Waals surface area contributed by atoms with Crippen molar-refractivity contribution in [3.63, 3.8) is 0 Å². The molecule has 3 heteroatoms. The molecule has 0 saturated heterocycles. The van der Waals surface area contributed by atoms with Crippen LogP contribution in [0.5, 0.6) is 0 Å². The Morgan fingerprint density at radius 1 is 1.25 bits per heavy atom. The monoisotopic (exact) mass is 218 g/mol. The molecular weight excluding hydrogens is 200 g/mol. The molecule has 2 aliphatic rings. The van der Waals surface area contributed by atoms with Crippen molar-refractivity contribution >= 4 is 5.78 Å². The minimum absolute atomic E-state index is 0.249. The summed E-state index contributed by atoms with van der Waals surface area (Å²) in [5.74, 6) is 1.13. The summed E-state index contributed by atoms with van der Waals surface area (Å²) in [5, 5.41) is 0. The highest BCUT2D eigenvalue weighted by Crippen LogP contribution is 2.32. The van der Waals surface area contributed by atoms with Gasteiger partial charge in [0.15, 0.2) is 0 Å². The van der Waals surface area contributed by atoms with Crippen LogP contribution in [-0.2, 0) is 17.6 Å². The number of hydrogen-bond donors (Lipinski definition) is 1. The molecule has 0 radical (unpaired) electrons. The van der Waals surface area contributed by atoms with E-state index in [0.717, 1.165) is 37.8 Å². The Kier molecular flexibility index (Phi) is 2.54. The standard InChI is InChI=1S/C13H18N2O/c16-13(9-3-1-2-4-9)10-5-6-11-12(7-10)15-8-14-11/h8-10H,1-7H2,(H,14,15). The summed E-state index contributed by atoms with van der Waals surface area (Å²) in [6.07, 6.45) is 9.39. The Labute approximate surface area is 95.7 Å². The summed E-state index contributed by atoms with van der Waals surface area (Å²) in [4.78, 5) is 19.8. The van der Waals surface area contributed by atoms with E-state index in [1.165, 1.54) is 18.5 Å². The number of nitrogens with zero attached hydrogens (tertiary/aromatic N) is 1. The second-order valence-electron chi connectivity index (χ2n) is 5.15. The van der Waals surface area contributed by atoms with Crippen molar-refractivity contribution in [2.45, 2.75) is 44.9 Å². The van der Waals surface area contributed by atoms with Crippen molar-refractivity contribution in [1.82, 2.24) is 9.97 Å². The maximum absolute atomic E-state index is 12.3. The maximum Gasteiger partial charge on any atom is 0.139 e. The van der Waals surface area contributed by atoms with Gasteiger partial charge in [0.2, 0.25) is 0 Å². The number of Topliss-reactive ketones (excluding diaryl/α,β-unsaturated/α-hetero) is 1. The first-order valence-corrected chi connectivity index (χ1v) is 6.39. The first-order chi connectivity index (χ1) is 7.84. The van der Waals surface area contributed by atoms with Gasteiger partial charge in [-0.1, -0.05) is 12.8 Å². The third kappa shape index (κ3) is 1.68. The van der Waals surface area contributed by atoms with Crippen molar-refractivity contribution in [3.8, 4) is 0 Å². The molecule has 1 heterocycles. The molecule has 0 spiro atoms. The first-order valence-electron chi connectivity index (χ1n) is 6.39. The molecule has 0 amide bonds. The fourth-order valence-corrected chi connectivity index (χ4v) is 3.18. The SMILES string of the molecule is O=C(C1CCCC1)C1CCc2[nH]cnc2C1. The van der Waals surface area contributed by atoms with Gasteiger partial charge in [-0.3, -0.25) is 4.79 Å². The molecule has 1 fully saturated rings. The van der Waals surface area contributed by atoms with Gasteiger partial charge in [0.05, 0.1) is 12.0 Å². The lowest BCUT2D eigenvalue weighted by Gasteiger charge is -2.22. The van der Waals surface area contributed by atoms with Crippen LogP contribution in [0.4, 0.5) is 0 Å². The Balaban J connectivity index is 1.71. The molecule has 3 rings (SSSR count). The highest BCUT2D eigenvalue weighted by atomic mass is 16.1. The molecule has 1 aromatic heterocycles. The van der Waals surface area contributed by atoms with Crippen LogP contribution in [0.15, 0.2) is 6.33 Å². The summed E-state index contributed by atoms with van der Waals surface area (Å²) >= 11 is 0. The lowest BCUT2D eigenvalue weighted by molar-refractivity contribution is -0.127. The van der Waals surface area contributed by atoms with Crippen LogP contribution < -0.4 is 0 Å². The fourth-order valence-electron chi connectivity index (χ4n) is 3.18.